The Bertz CT molecular complexity index is 2420. The number of carboxylic acids is 1. The van der Waals surface area contributed by atoms with E-state index in [0.717, 1.165) is 50.6 Å². The molecule has 0 saturated carbocycles. The van der Waals surface area contributed by atoms with E-state index in [1.54, 1.807) is 18.4 Å². The Morgan fingerprint density at radius 3 is 2.54 bits per heavy atom. The zero-order chi connectivity index (χ0) is 42.3. The number of carbonyl (C=O) groups is 2. The van der Waals surface area contributed by atoms with Crippen molar-refractivity contribution in [2.75, 3.05) is 38.3 Å². The third-order valence-corrected chi connectivity index (χ3v) is 13.3. The van der Waals surface area contributed by atoms with Gasteiger partial charge in [0, 0.05) is 49.8 Å². The number of nitrogens with zero attached hydrogens (tertiary/aromatic N) is 7. The van der Waals surface area contributed by atoms with E-state index in [0.29, 0.717) is 66.7 Å². The third-order valence-electron chi connectivity index (χ3n) is 9.41. The van der Waals surface area contributed by atoms with Gasteiger partial charge in [0.1, 0.15) is 18.1 Å². The monoisotopic (exact) mass is 855 g/mol. The second kappa shape index (κ2) is 18.9. The van der Waals surface area contributed by atoms with E-state index in [2.05, 4.69) is 63.4 Å². The number of amides is 1. The lowest BCUT2D eigenvalue weighted by molar-refractivity contribution is 0.0320. The summed E-state index contributed by atoms with van der Waals surface area (Å²) in [6, 6.07) is 16.7. The normalized spacial score (nSPS) is 13.2. The highest BCUT2D eigenvalue weighted by atomic mass is 32.1. The summed E-state index contributed by atoms with van der Waals surface area (Å²) in [6.07, 6.45) is 2.33. The van der Waals surface area contributed by atoms with Gasteiger partial charge in [0.2, 0.25) is 0 Å². The Kier molecular flexibility index (Phi) is 13.9. The zero-order valence-electron chi connectivity index (χ0n) is 35.1. The molecule has 0 unspecified atom stereocenters. The molecule has 1 amide bonds. The van der Waals surface area contributed by atoms with Crippen molar-refractivity contribution < 1.29 is 28.9 Å². The van der Waals surface area contributed by atoms with Gasteiger partial charge in [0.25, 0.3) is 0 Å². The van der Waals surface area contributed by atoms with Crippen molar-refractivity contribution in [2.24, 2.45) is 4.99 Å². The molecule has 1 aliphatic rings. The number of benzene rings is 2. The predicted octanol–water partition coefficient (Wildman–Crippen LogP) is 8.81. The number of para-hydroxylation sites is 1. The molecule has 0 bridgehead atoms. The highest BCUT2D eigenvalue weighted by molar-refractivity contribution is 7.16. The maximum atomic E-state index is 12.4. The van der Waals surface area contributed by atoms with E-state index >= 15 is 0 Å². The van der Waals surface area contributed by atoms with Crippen molar-refractivity contribution in [1.82, 2.24) is 24.6 Å². The molecule has 16 heteroatoms. The zero-order valence-corrected chi connectivity index (χ0v) is 37.8. The third kappa shape index (κ3) is 11.6. The molecule has 3 aromatic heterocycles. The second-order valence-electron chi connectivity index (χ2n) is 16.6. The first-order valence-corrected chi connectivity index (χ1v) is 25.1. The molecule has 4 heterocycles. The average Bonchev–Trinajstić information content (AvgIpc) is 3.77. The van der Waals surface area contributed by atoms with Crippen molar-refractivity contribution in [3.05, 3.63) is 80.6 Å². The number of fused-ring (bicyclic) bond motifs is 2. The van der Waals surface area contributed by atoms with Crippen LogP contribution in [-0.4, -0.2) is 88.8 Å². The number of aromatic nitrogens is 4. The number of carboxylic acid groups (broad SMARTS) is 1. The van der Waals surface area contributed by atoms with Gasteiger partial charge in [-0.3, -0.25) is 4.57 Å². The summed E-state index contributed by atoms with van der Waals surface area (Å²) < 4.78 is 20.7. The summed E-state index contributed by atoms with van der Waals surface area (Å²) >= 11 is 2.98. The Balaban J connectivity index is 1.11. The molecule has 0 atom stereocenters. The number of rotatable bonds is 14. The van der Waals surface area contributed by atoms with Crippen LogP contribution in [0.25, 0.3) is 10.2 Å². The van der Waals surface area contributed by atoms with E-state index in [1.165, 1.54) is 16.2 Å². The Morgan fingerprint density at radius 1 is 1.05 bits per heavy atom. The molecule has 0 fully saturated rings. The first kappa shape index (κ1) is 43.5. The second-order valence-corrected chi connectivity index (χ2v) is 24.3. The fraction of sp³-hybridized carbons (Fsp3) is 0.442. The van der Waals surface area contributed by atoms with E-state index in [-0.39, 0.29) is 12.2 Å². The molecular weight excluding hydrogens is 803 g/mol. The van der Waals surface area contributed by atoms with Gasteiger partial charge in [-0.2, -0.15) is 4.99 Å². The van der Waals surface area contributed by atoms with Gasteiger partial charge in [-0.1, -0.05) is 55.0 Å². The molecule has 0 spiro atoms. The molecule has 0 aliphatic carbocycles. The Labute approximate surface area is 354 Å². The molecule has 0 radical (unpaired) electrons. The minimum Gasteiger partial charge on any atom is -0.494 e. The number of anilines is 2. The largest absolute Gasteiger partial charge is 0.494 e. The Morgan fingerprint density at radius 2 is 1.81 bits per heavy atom. The molecule has 0 saturated heterocycles. The smallest absolute Gasteiger partial charge is 0.410 e. The van der Waals surface area contributed by atoms with Gasteiger partial charge in [-0.25, -0.2) is 14.6 Å². The van der Waals surface area contributed by atoms with Crippen LogP contribution < -0.4 is 14.4 Å². The SMILES string of the molecule is Cc1c(N=c2sc3ccccc3n2COCC[Si](C)(C)C)nnc2c1CCCN2c1nc(C(=O)O)c(CCCOc2ccc(C#CCN(C)C(=O)OC(C)(C)C)cc2)s1. The molecule has 1 aliphatic heterocycles. The van der Waals surface area contributed by atoms with Gasteiger partial charge in [-0.15, -0.1) is 21.5 Å². The topological polar surface area (TPSA) is 144 Å². The van der Waals surface area contributed by atoms with Crippen LogP contribution in [0.4, 0.5) is 21.6 Å². The fourth-order valence-corrected chi connectivity index (χ4v) is 9.13. The lowest BCUT2D eigenvalue weighted by atomic mass is 10.0. The highest BCUT2D eigenvalue weighted by Gasteiger charge is 2.28. The molecule has 13 nitrogen and oxygen atoms in total. The standard InChI is InChI=1S/C43H53N7O6S2Si/c1-29-32-15-12-24-49(38(32)47-46-37(29)45-41-50(28-54-26-27-59(6,7)8)33-16-9-10-17-34(33)57-41)40-44-36(39(51)52)35(58-40)18-13-25-55-31-21-19-30(20-22-31)14-11-23-48(5)42(53)56-43(2,3)4/h9-10,16-17,19-22H,12-13,15,18,23-28H2,1-8H3,(H,51,52). The van der Waals surface area contributed by atoms with Crippen LogP contribution in [0.2, 0.25) is 25.7 Å². The lowest BCUT2D eigenvalue weighted by Gasteiger charge is -2.28. The van der Waals surface area contributed by atoms with Crippen LogP contribution >= 0.6 is 22.7 Å². The highest BCUT2D eigenvalue weighted by Crippen LogP contribution is 2.38. The van der Waals surface area contributed by atoms with Crippen LogP contribution in [0.3, 0.4) is 0 Å². The summed E-state index contributed by atoms with van der Waals surface area (Å²) in [6.45, 7) is 16.9. The fourth-order valence-electron chi connectivity index (χ4n) is 6.23. The predicted molar refractivity (Wildman–Crippen MR) is 236 cm³/mol. The lowest BCUT2D eigenvalue weighted by Crippen LogP contribution is -2.34. The number of hydrogen-bond acceptors (Lipinski definition) is 12. The minimum absolute atomic E-state index is 0.0510. The van der Waals surface area contributed by atoms with Crippen molar-refractivity contribution in [2.45, 2.75) is 91.4 Å². The summed E-state index contributed by atoms with van der Waals surface area (Å²) in [4.78, 5) is 39.1. The Hall–Kier alpha value is -5.08. The minimum atomic E-state index is -1.23. The van der Waals surface area contributed by atoms with E-state index in [9.17, 15) is 14.7 Å². The maximum Gasteiger partial charge on any atom is 0.410 e. The number of ether oxygens (including phenoxy) is 3. The first-order chi connectivity index (χ1) is 28.1. The van der Waals surface area contributed by atoms with E-state index in [1.807, 2.05) is 69.0 Å². The van der Waals surface area contributed by atoms with E-state index < -0.39 is 25.7 Å². The molecule has 312 valence electrons. The molecule has 5 aromatic rings. The van der Waals surface area contributed by atoms with Crippen LogP contribution in [0.15, 0.2) is 53.5 Å². The van der Waals surface area contributed by atoms with Gasteiger partial charge < -0.3 is 29.1 Å². The number of aryl methyl sites for hydroxylation is 1. The van der Waals surface area contributed by atoms with Crippen LogP contribution in [-0.2, 0) is 29.0 Å². The van der Waals surface area contributed by atoms with Crippen molar-refractivity contribution in [1.29, 1.82) is 0 Å². The summed E-state index contributed by atoms with van der Waals surface area (Å²) in [7, 11) is 0.423. The van der Waals surface area contributed by atoms with Gasteiger partial charge >= 0.3 is 12.1 Å². The maximum absolute atomic E-state index is 12.4. The molecule has 2 aromatic carbocycles. The van der Waals surface area contributed by atoms with E-state index in [4.69, 9.17) is 19.2 Å². The first-order valence-electron chi connectivity index (χ1n) is 19.8. The van der Waals surface area contributed by atoms with Gasteiger partial charge in [0.05, 0.1) is 23.4 Å². The summed E-state index contributed by atoms with van der Waals surface area (Å²) in [5.74, 6) is 6.92. The summed E-state index contributed by atoms with van der Waals surface area (Å²) in [5.41, 5.74) is 3.33. The molecule has 59 heavy (non-hydrogen) atoms. The molecule has 1 N–H and O–H groups in total. The van der Waals surface area contributed by atoms with Crippen molar-refractivity contribution >= 4 is 69.8 Å². The quantitative estimate of drug-likeness (QED) is 0.0654. The molecule has 6 rings (SSSR count). The summed E-state index contributed by atoms with van der Waals surface area (Å²) in [5, 5.41) is 20.0. The van der Waals surface area contributed by atoms with Crippen LogP contribution in [0, 0.1) is 18.8 Å². The number of aromatic carboxylic acids is 1. The average molecular weight is 856 g/mol. The number of thiazole rings is 2. The molecular formula is C43H53N7O6S2Si. The van der Waals surface area contributed by atoms with Gasteiger partial charge in [0.15, 0.2) is 27.3 Å². The van der Waals surface area contributed by atoms with Crippen LogP contribution in [0.1, 0.15) is 65.7 Å². The van der Waals surface area contributed by atoms with Crippen molar-refractivity contribution in [3.8, 4) is 17.6 Å². The van der Waals surface area contributed by atoms with Gasteiger partial charge in [-0.05, 0) is 95.8 Å². The number of carbonyl (C=O) groups excluding carboxylic acids is 1. The van der Waals surface area contributed by atoms with Crippen LogP contribution in [0.5, 0.6) is 5.75 Å². The van der Waals surface area contributed by atoms with Crippen molar-refractivity contribution in [3.63, 3.8) is 0 Å². The number of hydrogen-bond donors (Lipinski definition) is 1.